The highest BCUT2D eigenvalue weighted by molar-refractivity contribution is 7.17. The number of hydrogen-bond donors (Lipinski definition) is 2. The van der Waals surface area contributed by atoms with Gasteiger partial charge in [-0.1, -0.05) is 6.42 Å². The van der Waals surface area contributed by atoms with E-state index in [4.69, 9.17) is 9.47 Å². The van der Waals surface area contributed by atoms with Gasteiger partial charge in [0.1, 0.15) is 35.4 Å². The van der Waals surface area contributed by atoms with Gasteiger partial charge >= 0.3 is 0 Å². The number of fused-ring (bicyclic) bond motifs is 1. The number of aromatic hydroxyl groups is 2. The van der Waals surface area contributed by atoms with Crippen molar-refractivity contribution in [1.82, 2.24) is 4.90 Å². The monoisotopic (exact) mass is 497 g/mol. The predicted molar refractivity (Wildman–Crippen MR) is 140 cm³/mol. The standard InChI is InChI=1S/C27H27NO4S.ClH/c29-19-4-10-23(25-18-33-27-17-20(30)5-11-24(25)27)26(16-19)32-22-8-6-21(7-9-22)31-15-14-28-12-2-1-3-13-28;/h4-11,16-18,29-30H,1-3,12-15H2;1H. The Bertz CT molecular complexity index is 1240. The summed E-state index contributed by atoms with van der Waals surface area (Å²) in [6.07, 6.45) is 3.91. The minimum Gasteiger partial charge on any atom is -0.508 e. The van der Waals surface area contributed by atoms with Crippen LogP contribution in [-0.4, -0.2) is 41.4 Å². The van der Waals surface area contributed by atoms with Crippen molar-refractivity contribution in [3.63, 3.8) is 0 Å². The molecular formula is C27H28ClNO4S. The van der Waals surface area contributed by atoms with Gasteiger partial charge in [-0.05, 0) is 85.9 Å². The average Bonchev–Trinajstić information content (AvgIpc) is 3.24. The molecule has 0 unspecified atom stereocenters. The lowest BCUT2D eigenvalue weighted by atomic mass is 10.0. The number of benzene rings is 3. The first-order valence-corrected chi connectivity index (χ1v) is 12.2. The molecule has 0 spiro atoms. The molecule has 1 fully saturated rings. The molecule has 1 aliphatic rings. The normalized spacial score (nSPS) is 14.0. The van der Waals surface area contributed by atoms with Gasteiger partial charge in [0.25, 0.3) is 0 Å². The quantitative estimate of drug-likeness (QED) is 0.286. The molecule has 2 N–H and O–H groups in total. The van der Waals surface area contributed by atoms with Crippen LogP contribution < -0.4 is 9.47 Å². The molecule has 2 heterocycles. The highest BCUT2D eigenvalue weighted by Gasteiger charge is 2.14. The second kappa shape index (κ2) is 11.0. The van der Waals surface area contributed by atoms with Crippen LogP contribution in [0.1, 0.15) is 19.3 Å². The second-order valence-electron chi connectivity index (χ2n) is 8.33. The van der Waals surface area contributed by atoms with Crippen LogP contribution in [0.2, 0.25) is 0 Å². The van der Waals surface area contributed by atoms with Gasteiger partial charge < -0.3 is 19.7 Å². The smallest absolute Gasteiger partial charge is 0.138 e. The van der Waals surface area contributed by atoms with E-state index in [0.717, 1.165) is 33.5 Å². The molecule has 0 amide bonds. The summed E-state index contributed by atoms with van der Waals surface area (Å²) in [5.74, 6) is 2.45. The average molecular weight is 498 g/mol. The molecule has 0 bridgehead atoms. The van der Waals surface area contributed by atoms with E-state index in [1.807, 2.05) is 41.8 Å². The minimum absolute atomic E-state index is 0. The molecule has 5 nitrogen and oxygen atoms in total. The van der Waals surface area contributed by atoms with Gasteiger partial charge in [0.2, 0.25) is 0 Å². The van der Waals surface area contributed by atoms with Gasteiger partial charge in [-0.3, -0.25) is 4.90 Å². The fourth-order valence-electron chi connectivity index (χ4n) is 4.25. The SMILES string of the molecule is Cl.Oc1ccc(-c2csc3cc(O)ccc23)c(Oc2ccc(OCCN3CCCCC3)cc2)c1. The van der Waals surface area contributed by atoms with Crippen LogP contribution in [-0.2, 0) is 0 Å². The summed E-state index contributed by atoms with van der Waals surface area (Å²) in [7, 11) is 0. The highest BCUT2D eigenvalue weighted by Crippen LogP contribution is 2.42. The zero-order chi connectivity index (χ0) is 22.6. The van der Waals surface area contributed by atoms with Gasteiger partial charge in [-0.15, -0.1) is 23.7 Å². The van der Waals surface area contributed by atoms with E-state index in [9.17, 15) is 10.2 Å². The topological polar surface area (TPSA) is 62.2 Å². The fourth-order valence-corrected chi connectivity index (χ4v) is 5.24. The van der Waals surface area contributed by atoms with Crippen molar-refractivity contribution < 1.29 is 19.7 Å². The van der Waals surface area contributed by atoms with Crippen LogP contribution in [0.15, 0.2) is 66.0 Å². The molecule has 0 saturated carbocycles. The van der Waals surface area contributed by atoms with Crippen LogP contribution >= 0.6 is 23.7 Å². The summed E-state index contributed by atoms with van der Waals surface area (Å²) in [4.78, 5) is 2.46. The van der Waals surface area contributed by atoms with Crippen molar-refractivity contribution in [3.05, 3.63) is 66.0 Å². The third-order valence-corrected chi connectivity index (χ3v) is 6.94. The van der Waals surface area contributed by atoms with E-state index in [1.165, 1.54) is 32.4 Å². The summed E-state index contributed by atoms with van der Waals surface area (Å²) in [5.41, 5.74) is 1.88. The Morgan fingerprint density at radius 3 is 2.29 bits per heavy atom. The summed E-state index contributed by atoms with van der Waals surface area (Å²) in [6, 6.07) is 18.1. The molecule has 0 radical (unpaired) electrons. The lowest BCUT2D eigenvalue weighted by Crippen LogP contribution is -2.33. The van der Waals surface area contributed by atoms with Crippen LogP contribution in [0.4, 0.5) is 0 Å². The largest absolute Gasteiger partial charge is 0.508 e. The maximum absolute atomic E-state index is 10.1. The van der Waals surface area contributed by atoms with Crippen molar-refractivity contribution in [2.24, 2.45) is 0 Å². The Balaban J connectivity index is 0.00000274. The van der Waals surface area contributed by atoms with Crippen molar-refractivity contribution >= 4 is 33.8 Å². The van der Waals surface area contributed by atoms with Gasteiger partial charge in [-0.2, -0.15) is 0 Å². The minimum atomic E-state index is 0. The molecule has 178 valence electrons. The number of rotatable bonds is 7. The fraction of sp³-hybridized carbons (Fsp3) is 0.259. The maximum Gasteiger partial charge on any atom is 0.138 e. The lowest BCUT2D eigenvalue weighted by Gasteiger charge is -2.26. The van der Waals surface area contributed by atoms with E-state index in [0.29, 0.717) is 18.1 Å². The molecule has 3 aromatic carbocycles. The first-order chi connectivity index (χ1) is 16.2. The number of piperidine rings is 1. The Kier molecular flexibility index (Phi) is 7.83. The zero-order valence-corrected chi connectivity index (χ0v) is 20.4. The number of nitrogens with zero attached hydrogens (tertiary/aromatic N) is 1. The van der Waals surface area contributed by atoms with Crippen LogP contribution in [0, 0.1) is 0 Å². The van der Waals surface area contributed by atoms with Gasteiger partial charge in [0.05, 0.1) is 0 Å². The molecule has 5 rings (SSSR count). The van der Waals surface area contributed by atoms with E-state index < -0.39 is 0 Å². The lowest BCUT2D eigenvalue weighted by molar-refractivity contribution is 0.183. The predicted octanol–water partition coefficient (Wildman–Crippen LogP) is 7.06. The van der Waals surface area contributed by atoms with Gasteiger partial charge in [0.15, 0.2) is 0 Å². The third kappa shape index (κ3) is 5.58. The van der Waals surface area contributed by atoms with E-state index in [-0.39, 0.29) is 23.9 Å². The van der Waals surface area contributed by atoms with E-state index in [1.54, 1.807) is 35.6 Å². The first kappa shape index (κ1) is 24.2. The number of thiophene rings is 1. The molecular weight excluding hydrogens is 470 g/mol. The molecule has 1 aliphatic heterocycles. The number of phenols is 2. The third-order valence-electron chi connectivity index (χ3n) is 5.99. The molecule has 4 aromatic rings. The molecule has 0 atom stereocenters. The Hall–Kier alpha value is -2.93. The number of likely N-dealkylation sites (tertiary alicyclic amines) is 1. The number of ether oxygens (including phenoxy) is 2. The zero-order valence-electron chi connectivity index (χ0n) is 18.8. The Morgan fingerprint density at radius 2 is 1.50 bits per heavy atom. The first-order valence-electron chi connectivity index (χ1n) is 11.3. The number of phenolic OH excluding ortho intramolecular Hbond substituents is 2. The molecule has 7 heteroatoms. The molecule has 34 heavy (non-hydrogen) atoms. The molecule has 1 saturated heterocycles. The highest BCUT2D eigenvalue weighted by atomic mass is 35.5. The summed E-state index contributed by atoms with van der Waals surface area (Å²) >= 11 is 1.56. The maximum atomic E-state index is 10.1. The Labute approximate surface area is 209 Å². The van der Waals surface area contributed by atoms with Crippen molar-refractivity contribution in [1.29, 1.82) is 0 Å². The summed E-state index contributed by atoms with van der Waals surface area (Å²) in [5, 5.41) is 22.9. The van der Waals surface area contributed by atoms with Crippen LogP contribution in [0.25, 0.3) is 21.2 Å². The van der Waals surface area contributed by atoms with Crippen molar-refractivity contribution in [3.8, 4) is 39.9 Å². The van der Waals surface area contributed by atoms with E-state index >= 15 is 0 Å². The van der Waals surface area contributed by atoms with Gasteiger partial charge in [0, 0.05) is 33.8 Å². The summed E-state index contributed by atoms with van der Waals surface area (Å²) < 4.78 is 13.1. The number of halogens is 1. The van der Waals surface area contributed by atoms with Crippen LogP contribution in [0.3, 0.4) is 0 Å². The van der Waals surface area contributed by atoms with Crippen molar-refractivity contribution in [2.45, 2.75) is 19.3 Å². The van der Waals surface area contributed by atoms with Gasteiger partial charge in [-0.25, -0.2) is 0 Å². The molecule has 1 aromatic heterocycles. The number of hydrogen-bond acceptors (Lipinski definition) is 6. The Morgan fingerprint density at radius 1 is 0.794 bits per heavy atom. The molecule has 0 aliphatic carbocycles. The van der Waals surface area contributed by atoms with E-state index in [2.05, 4.69) is 4.90 Å². The second-order valence-corrected chi connectivity index (χ2v) is 9.25. The van der Waals surface area contributed by atoms with Crippen molar-refractivity contribution in [2.75, 3.05) is 26.2 Å². The van der Waals surface area contributed by atoms with Crippen LogP contribution in [0.5, 0.6) is 28.7 Å². The summed E-state index contributed by atoms with van der Waals surface area (Å²) in [6.45, 7) is 3.97.